The minimum atomic E-state index is -0.506. The van der Waals surface area contributed by atoms with Crippen LogP contribution in [0.15, 0.2) is 48.8 Å². The number of nitrogens with two attached hydrogens (primary N) is 1. The van der Waals surface area contributed by atoms with Crippen LogP contribution in [0, 0.1) is 0 Å². The van der Waals surface area contributed by atoms with Gasteiger partial charge in [0.1, 0.15) is 0 Å². The Kier molecular flexibility index (Phi) is 7.00. The number of carbonyl (C=O) groups excluding carboxylic acids is 1. The van der Waals surface area contributed by atoms with Crippen molar-refractivity contribution in [2.24, 2.45) is 5.73 Å². The quantitative estimate of drug-likeness (QED) is 0.608. The molecule has 6 nitrogen and oxygen atoms in total. The van der Waals surface area contributed by atoms with Crippen molar-refractivity contribution in [2.75, 3.05) is 18.4 Å². The predicted octanol–water partition coefficient (Wildman–Crippen LogP) is 1.35. The zero-order valence-corrected chi connectivity index (χ0v) is 13.1. The molecule has 0 aliphatic rings. The zero-order chi connectivity index (χ0) is 16.3. The molecular formula is C17H23N5O. The molecule has 0 bridgehead atoms. The van der Waals surface area contributed by atoms with Gasteiger partial charge in [0.05, 0.1) is 6.04 Å². The van der Waals surface area contributed by atoms with Crippen LogP contribution in [0.2, 0.25) is 0 Å². The fourth-order valence-electron chi connectivity index (χ4n) is 2.14. The van der Waals surface area contributed by atoms with Gasteiger partial charge in [-0.2, -0.15) is 0 Å². The number of benzene rings is 1. The molecule has 1 amide bonds. The summed E-state index contributed by atoms with van der Waals surface area (Å²) in [6.45, 7) is 1.40. The molecule has 0 fully saturated rings. The van der Waals surface area contributed by atoms with E-state index in [1.807, 2.05) is 30.3 Å². The van der Waals surface area contributed by atoms with E-state index in [0.29, 0.717) is 18.9 Å². The van der Waals surface area contributed by atoms with Crippen LogP contribution in [0.4, 0.5) is 5.95 Å². The first-order chi connectivity index (χ1) is 11.3. The Morgan fingerprint density at radius 1 is 1.04 bits per heavy atom. The lowest BCUT2D eigenvalue weighted by Crippen LogP contribution is -2.42. The number of carbonyl (C=O) groups is 1. The number of rotatable bonds is 9. The van der Waals surface area contributed by atoms with Gasteiger partial charge in [-0.25, -0.2) is 9.97 Å². The van der Waals surface area contributed by atoms with Crippen LogP contribution in [0.5, 0.6) is 0 Å². The number of anilines is 1. The van der Waals surface area contributed by atoms with E-state index in [2.05, 4.69) is 20.6 Å². The van der Waals surface area contributed by atoms with Crippen molar-refractivity contribution in [3.05, 3.63) is 54.4 Å². The second-order valence-corrected chi connectivity index (χ2v) is 5.29. The molecule has 122 valence electrons. The van der Waals surface area contributed by atoms with Crippen molar-refractivity contribution in [2.45, 2.75) is 25.3 Å². The molecule has 4 N–H and O–H groups in total. The van der Waals surface area contributed by atoms with Crippen molar-refractivity contribution in [1.82, 2.24) is 15.3 Å². The van der Waals surface area contributed by atoms with Crippen LogP contribution in [0.25, 0.3) is 0 Å². The SMILES string of the molecule is N[C@@H](Cc1ccccc1)C(=O)NCCCCNc1ncccn1. The van der Waals surface area contributed by atoms with Crippen LogP contribution in [-0.2, 0) is 11.2 Å². The van der Waals surface area contributed by atoms with Crippen molar-refractivity contribution < 1.29 is 4.79 Å². The van der Waals surface area contributed by atoms with E-state index in [4.69, 9.17) is 5.73 Å². The minimum absolute atomic E-state index is 0.104. The summed E-state index contributed by atoms with van der Waals surface area (Å²) in [4.78, 5) is 20.1. The molecule has 1 atom stereocenters. The summed E-state index contributed by atoms with van der Waals surface area (Å²) >= 11 is 0. The van der Waals surface area contributed by atoms with E-state index in [0.717, 1.165) is 24.9 Å². The second kappa shape index (κ2) is 9.53. The van der Waals surface area contributed by atoms with E-state index in [-0.39, 0.29) is 5.91 Å². The molecule has 6 heteroatoms. The Morgan fingerprint density at radius 2 is 1.74 bits per heavy atom. The summed E-state index contributed by atoms with van der Waals surface area (Å²) in [5.41, 5.74) is 7.00. The third kappa shape index (κ3) is 6.44. The number of amides is 1. The van der Waals surface area contributed by atoms with E-state index in [9.17, 15) is 4.79 Å². The highest BCUT2D eigenvalue weighted by Crippen LogP contribution is 2.02. The van der Waals surface area contributed by atoms with E-state index in [1.165, 1.54) is 0 Å². The van der Waals surface area contributed by atoms with Gasteiger partial charge in [-0.15, -0.1) is 0 Å². The minimum Gasteiger partial charge on any atom is -0.355 e. The number of hydrogen-bond donors (Lipinski definition) is 3. The van der Waals surface area contributed by atoms with Crippen molar-refractivity contribution in [3.63, 3.8) is 0 Å². The molecule has 1 heterocycles. The molecule has 0 radical (unpaired) electrons. The maximum Gasteiger partial charge on any atom is 0.237 e. The first-order valence-corrected chi connectivity index (χ1v) is 7.84. The van der Waals surface area contributed by atoms with Gasteiger partial charge in [-0.3, -0.25) is 4.79 Å². The highest BCUT2D eigenvalue weighted by molar-refractivity contribution is 5.81. The maximum absolute atomic E-state index is 11.9. The van der Waals surface area contributed by atoms with E-state index < -0.39 is 6.04 Å². The topological polar surface area (TPSA) is 92.9 Å². The summed E-state index contributed by atoms with van der Waals surface area (Å²) in [6.07, 6.45) is 5.75. The Balaban J connectivity index is 1.56. The van der Waals surface area contributed by atoms with Crippen LogP contribution in [0.3, 0.4) is 0 Å². The normalized spacial score (nSPS) is 11.7. The Bertz CT molecular complexity index is 576. The monoisotopic (exact) mass is 313 g/mol. The molecule has 0 aliphatic heterocycles. The molecule has 0 saturated heterocycles. The largest absolute Gasteiger partial charge is 0.355 e. The zero-order valence-electron chi connectivity index (χ0n) is 13.1. The Hall–Kier alpha value is -2.47. The van der Waals surface area contributed by atoms with Crippen molar-refractivity contribution in [3.8, 4) is 0 Å². The summed E-state index contributed by atoms with van der Waals surface area (Å²) < 4.78 is 0. The van der Waals surface area contributed by atoms with E-state index in [1.54, 1.807) is 18.5 Å². The summed E-state index contributed by atoms with van der Waals surface area (Å²) in [7, 11) is 0. The van der Waals surface area contributed by atoms with Crippen LogP contribution < -0.4 is 16.4 Å². The van der Waals surface area contributed by atoms with Gasteiger partial charge >= 0.3 is 0 Å². The molecule has 23 heavy (non-hydrogen) atoms. The molecule has 1 aromatic heterocycles. The van der Waals surface area contributed by atoms with Crippen molar-refractivity contribution >= 4 is 11.9 Å². The van der Waals surface area contributed by atoms with Gasteiger partial charge < -0.3 is 16.4 Å². The molecule has 2 rings (SSSR count). The van der Waals surface area contributed by atoms with Gasteiger partial charge in [0.25, 0.3) is 0 Å². The standard InChI is InChI=1S/C17H23N5O/c18-15(13-14-7-2-1-3-8-14)16(23)19-9-4-5-10-20-17-21-11-6-12-22-17/h1-3,6-8,11-12,15H,4-5,9-10,13,18H2,(H,19,23)(H,20,21,22)/t15-/m0/s1. The second-order valence-electron chi connectivity index (χ2n) is 5.29. The van der Waals surface area contributed by atoms with Gasteiger partial charge in [0, 0.05) is 25.5 Å². The number of nitrogens with one attached hydrogen (secondary N) is 2. The number of unbranched alkanes of at least 4 members (excludes halogenated alkanes) is 1. The maximum atomic E-state index is 11.9. The molecule has 0 spiro atoms. The fourth-order valence-corrected chi connectivity index (χ4v) is 2.14. The Labute approximate surface area is 136 Å². The smallest absolute Gasteiger partial charge is 0.237 e. The highest BCUT2D eigenvalue weighted by atomic mass is 16.2. The van der Waals surface area contributed by atoms with E-state index >= 15 is 0 Å². The van der Waals surface area contributed by atoms with Crippen LogP contribution >= 0.6 is 0 Å². The van der Waals surface area contributed by atoms with Crippen LogP contribution in [-0.4, -0.2) is 35.0 Å². The first-order valence-electron chi connectivity index (χ1n) is 7.84. The van der Waals surface area contributed by atoms with Crippen LogP contribution in [0.1, 0.15) is 18.4 Å². The first kappa shape index (κ1) is 16.9. The summed E-state index contributed by atoms with van der Waals surface area (Å²) in [6, 6.07) is 11.1. The molecule has 0 unspecified atom stereocenters. The van der Waals surface area contributed by atoms with Gasteiger partial charge in [-0.05, 0) is 30.9 Å². The summed E-state index contributed by atoms with van der Waals surface area (Å²) in [5.74, 6) is 0.523. The number of hydrogen-bond acceptors (Lipinski definition) is 5. The number of aromatic nitrogens is 2. The Morgan fingerprint density at radius 3 is 2.48 bits per heavy atom. The van der Waals surface area contributed by atoms with Gasteiger partial charge in [0.15, 0.2) is 0 Å². The fraction of sp³-hybridized carbons (Fsp3) is 0.353. The van der Waals surface area contributed by atoms with Gasteiger partial charge in [0.2, 0.25) is 11.9 Å². The average molecular weight is 313 g/mol. The number of nitrogens with zero attached hydrogens (tertiary/aromatic N) is 2. The lowest BCUT2D eigenvalue weighted by molar-refractivity contribution is -0.122. The molecule has 2 aromatic rings. The molecule has 1 aromatic carbocycles. The third-order valence-corrected chi connectivity index (χ3v) is 3.39. The highest BCUT2D eigenvalue weighted by Gasteiger charge is 2.12. The third-order valence-electron chi connectivity index (χ3n) is 3.39. The molecule has 0 saturated carbocycles. The molecular weight excluding hydrogens is 290 g/mol. The average Bonchev–Trinajstić information content (AvgIpc) is 2.59. The predicted molar refractivity (Wildman–Crippen MR) is 90.9 cm³/mol. The lowest BCUT2D eigenvalue weighted by atomic mass is 10.1. The lowest BCUT2D eigenvalue weighted by Gasteiger charge is -2.12. The summed E-state index contributed by atoms with van der Waals surface area (Å²) in [5, 5.41) is 6.01. The van der Waals surface area contributed by atoms with Crippen molar-refractivity contribution in [1.29, 1.82) is 0 Å². The van der Waals surface area contributed by atoms with Gasteiger partial charge in [-0.1, -0.05) is 30.3 Å². The molecule has 0 aliphatic carbocycles.